The molecule has 1 aromatic rings. The molecule has 0 aliphatic rings. The molecule has 0 aromatic heterocycles. The molecule has 0 aliphatic heterocycles. The molecular weight excluding hydrogens is 312 g/mol. The molecule has 3 nitrogen and oxygen atoms in total. The van der Waals surface area contributed by atoms with Crippen molar-refractivity contribution in [2.24, 2.45) is 0 Å². The van der Waals surface area contributed by atoms with Gasteiger partial charge in [0.25, 0.3) is 0 Å². The Balaban J connectivity index is 0. The first-order valence-corrected chi connectivity index (χ1v) is 8.56. The number of aliphatic hydroxyl groups excluding tert-OH is 2. The molecule has 0 heterocycles. The predicted octanol–water partition coefficient (Wildman–Crippen LogP) is 4.88. The summed E-state index contributed by atoms with van der Waals surface area (Å²) in [5.41, 5.74) is 2.27. The Hall–Kier alpha value is -1.94. The second-order valence-electron chi connectivity index (χ2n) is 5.01. The maximum atomic E-state index is 8.30. The van der Waals surface area contributed by atoms with Gasteiger partial charge in [-0.25, -0.2) is 0 Å². The largest absolute Gasteiger partial charge is 0.396 e. The number of benzene rings is 1. The molecule has 0 saturated heterocycles. The predicted molar refractivity (Wildman–Crippen MR) is 110 cm³/mol. The van der Waals surface area contributed by atoms with E-state index < -0.39 is 0 Å². The highest BCUT2D eigenvalue weighted by atomic mass is 16.5. The zero-order valence-electron chi connectivity index (χ0n) is 15.4. The molecule has 25 heavy (non-hydrogen) atoms. The van der Waals surface area contributed by atoms with Gasteiger partial charge in [-0.2, -0.15) is 0 Å². The molecular formula is C22H34O3. The van der Waals surface area contributed by atoms with Crippen LogP contribution in [0, 0.1) is 0 Å². The van der Waals surface area contributed by atoms with Gasteiger partial charge < -0.3 is 14.9 Å². The molecule has 140 valence electrons. The molecule has 0 amide bonds. The highest BCUT2D eigenvalue weighted by Gasteiger charge is 1.89. The van der Waals surface area contributed by atoms with Crippen LogP contribution in [-0.4, -0.2) is 36.6 Å². The molecule has 0 spiro atoms. The topological polar surface area (TPSA) is 49.7 Å². The van der Waals surface area contributed by atoms with Gasteiger partial charge in [-0.15, -0.1) is 13.2 Å². The molecule has 1 aromatic carbocycles. The molecule has 0 unspecified atom stereocenters. The van der Waals surface area contributed by atoms with Crippen molar-refractivity contribution in [3.63, 3.8) is 0 Å². The summed E-state index contributed by atoms with van der Waals surface area (Å²) in [5.74, 6) is 0. The molecule has 0 saturated carbocycles. The lowest BCUT2D eigenvalue weighted by Crippen LogP contribution is -1.87. The minimum absolute atomic E-state index is 0.283. The first-order valence-electron chi connectivity index (χ1n) is 8.56. The standard InChI is InChI=1S/C10H10.C6H14O2.C6H10O/c1-3-9-7-5-6-8-10(9)4-2;7-5-3-1-2-4-6-8;1-3-5-7-6-4-2/h3-8H,1-2H2;7-8H,1-6H2;3-4H,1-2,5-6H2. The van der Waals surface area contributed by atoms with Crippen molar-refractivity contribution in [2.75, 3.05) is 26.4 Å². The fourth-order valence-corrected chi connectivity index (χ4v) is 1.69. The maximum absolute atomic E-state index is 8.30. The van der Waals surface area contributed by atoms with Crippen LogP contribution in [0.3, 0.4) is 0 Å². The van der Waals surface area contributed by atoms with Crippen LogP contribution in [-0.2, 0) is 4.74 Å². The number of ether oxygens (including phenoxy) is 1. The Bertz CT molecular complexity index is 411. The number of hydrogen-bond acceptors (Lipinski definition) is 3. The Morgan fingerprint density at radius 3 is 1.40 bits per heavy atom. The van der Waals surface area contributed by atoms with Crippen molar-refractivity contribution in [3.05, 3.63) is 73.9 Å². The second-order valence-corrected chi connectivity index (χ2v) is 5.01. The van der Waals surface area contributed by atoms with E-state index in [2.05, 4.69) is 26.3 Å². The maximum Gasteiger partial charge on any atom is 0.0649 e. The fraction of sp³-hybridized carbons (Fsp3) is 0.364. The van der Waals surface area contributed by atoms with Gasteiger partial charge in [0.15, 0.2) is 0 Å². The van der Waals surface area contributed by atoms with E-state index in [1.54, 1.807) is 12.2 Å². The van der Waals surface area contributed by atoms with E-state index in [1.807, 2.05) is 36.4 Å². The highest BCUT2D eigenvalue weighted by molar-refractivity contribution is 5.63. The monoisotopic (exact) mass is 346 g/mol. The summed E-state index contributed by atoms with van der Waals surface area (Å²) in [4.78, 5) is 0. The smallest absolute Gasteiger partial charge is 0.0649 e. The van der Waals surface area contributed by atoms with Gasteiger partial charge in [0.05, 0.1) is 13.2 Å². The summed E-state index contributed by atoms with van der Waals surface area (Å²) < 4.78 is 4.90. The normalized spacial score (nSPS) is 8.88. The zero-order chi connectivity index (χ0) is 19.2. The number of rotatable bonds is 11. The summed E-state index contributed by atoms with van der Waals surface area (Å²) in [5, 5.41) is 16.6. The molecule has 0 bridgehead atoms. The Morgan fingerprint density at radius 1 is 0.720 bits per heavy atom. The Kier molecular flexibility index (Phi) is 22.3. The van der Waals surface area contributed by atoms with E-state index in [4.69, 9.17) is 14.9 Å². The molecule has 0 atom stereocenters. The van der Waals surface area contributed by atoms with Crippen LogP contribution >= 0.6 is 0 Å². The molecule has 0 aliphatic carbocycles. The highest BCUT2D eigenvalue weighted by Crippen LogP contribution is 2.10. The minimum atomic E-state index is 0.283. The van der Waals surface area contributed by atoms with Gasteiger partial charge in [-0.1, -0.05) is 74.6 Å². The number of hydrogen-bond donors (Lipinski definition) is 2. The van der Waals surface area contributed by atoms with Crippen LogP contribution in [0.1, 0.15) is 36.8 Å². The van der Waals surface area contributed by atoms with Crippen LogP contribution in [0.25, 0.3) is 12.2 Å². The third kappa shape index (κ3) is 18.2. The van der Waals surface area contributed by atoms with Gasteiger partial charge in [0.2, 0.25) is 0 Å². The van der Waals surface area contributed by atoms with Crippen LogP contribution in [0.15, 0.2) is 62.7 Å². The number of unbranched alkanes of at least 4 members (excludes halogenated alkanes) is 3. The van der Waals surface area contributed by atoms with Crippen molar-refractivity contribution in [1.29, 1.82) is 0 Å². The van der Waals surface area contributed by atoms with Gasteiger partial charge in [-0.3, -0.25) is 0 Å². The van der Waals surface area contributed by atoms with Gasteiger partial charge >= 0.3 is 0 Å². The van der Waals surface area contributed by atoms with E-state index in [9.17, 15) is 0 Å². The van der Waals surface area contributed by atoms with Crippen molar-refractivity contribution in [2.45, 2.75) is 25.7 Å². The van der Waals surface area contributed by atoms with Crippen LogP contribution in [0.5, 0.6) is 0 Å². The third-order valence-electron chi connectivity index (χ3n) is 2.97. The first kappa shape index (κ1) is 25.3. The second kappa shape index (κ2) is 22.1. The van der Waals surface area contributed by atoms with Gasteiger partial charge in [-0.05, 0) is 24.0 Å². The van der Waals surface area contributed by atoms with Crippen molar-refractivity contribution < 1.29 is 14.9 Å². The summed E-state index contributed by atoms with van der Waals surface area (Å²) in [7, 11) is 0. The average molecular weight is 347 g/mol. The van der Waals surface area contributed by atoms with Gasteiger partial charge in [0, 0.05) is 13.2 Å². The van der Waals surface area contributed by atoms with Crippen LogP contribution in [0.2, 0.25) is 0 Å². The van der Waals surface area contributed by atoms with E-state index in [0.29, 0.717) is 13.2 Å². The molecule has 0 radical (unpaired) electrons. The summed E-state index contributed by atoms with van der Waals surface area (Å²) in [6.07, 6.45) is 10.9. The third-order valence-corrected chi connectivity index (χ3v) is 2.97. The van der Waals surface area contributed by atoms with Crippen LogP contribution in [0.4, 0.5) is 0 Å². The van der Waals surface area contributed by atoms with Gasteiger partial charge in [0.1, 0.15) is 0 Å². The number of aliphatic hydroxyl groups is 2. The van der Waals surface area contributed by atoms with Crippen LogP contribution < -0.4 is 0 Å². The quantitative estimate of drug-likeness (QED) is 0.443. The van der Waals surface area contributed by atoms with Crippen molar-refractivity contribution >= 4 is 12.2 Å². The first-order chi connectivity index (χ1) is 12.2. The summed E-state index contributed by atoms with van der Waals surface area (Å²) in [6, 6.07) is 8.02. The van der Waals surface area contributed by atoms with E-state index in [-0.39, 0.29) is 13.2 Å². The minimum Gasteiger partial charge on any atom is -0.396 e. The molecule has 3 heteroatoms. The Morgan fingerprint density at radius 2 is 1.12 bits per heavy atom. The molecule has 2 N–H and O–H groups in total. The lowest BCUT2D eigenvalue weighted by atomic mass is 10.1. The summed E-state index contributed by atoms with van der Waals surface area (Å²) in [6.45, 7) is 16.1. The fourth-order valence-electron chi connectivity index (χ4n) is 1.69. The lowest BCUT2D eigenvalue weighted by molar-refractivity contribution is 0.194. The van der Waals surface area contributed by atoms with Crippen molar-refractivity contribution in [3.8, 4) is 0 Å². The van der Waals surface area contributed by atoms with E-state index in [1.165, 1.54) is 0 Å². The average Bonchev–Trinajstić information content (AvgIpc) is 2.66. The zero-order valence-corrected chi connectivity index (χ0v) is 15.4. The molecule has 0 fully saturated rings. The van der Waals surface area contributed by atoms with Crippen molar-refractivity contribution in [1.82, 2.24) is 0 Å². The molecule has 1 rings (SSSR count). The summed E-state index contributed by atoms with van der Waals surface area (Å²) >= 11 is 0. The SMILES string of the molecule is C=CCOCC=C.C=Cc1ccccc1C=C.OCCCCCCO. The van der Waals surface area contributed by atoms with E-state index in [0.717, 1.165) is 36.8 Å². The van der Waals surface area contributed by atoms with E-state index >= 15 is 0 Å². The Labute approximate surface area is 153 Å². The lowest BCUT2D eigenvalue weighted by Gasteiger charge is -1.96.